The molecule has 2 N–H and O–H groups in total. The minimum Gasteiger partial charge on any atom is -0.368 e. The standard InChI is InChI=1S/C19H24F3N3O3/c1-10(15-8-12-3-4-13(15)7-12)24-18(26)11(2)23-16-6-5-14(19(20,21)22)9-17(16)25(27)28/h5-6,9-13,15,23H,3-4,7-8H2,1-2H3,(H,24,26)/t10-,11+,12+,13+,15-/m1/s1. The van der Waals surface area contributed by atoms with Crippen LogP contribution in [-0.2, 0) is 11.0 Å². The van der Waals surface area contributed by atoms with Crippen LogP contribution in [0.2, 0.25) is 0 Å². The van der Waals surface area contributed by atoms with Gasteiger partial charge in [0.05, 0.1) is 10.5 Å². The van der Waals surface area contributed by atoms with Gasteiger partial charge in [0, 0.05) is 12.1 Å². The molecular formula is C19H24F3N3O3. The number of nitro benzene ring substituents is 1. The second-order valence-electron chi connectivity index (χ2n) is 7.99. The molecule has 0 spiro atoms. The van der Waals surface area contributed by atoms with Crippen LogP contribution in [0.1, 0.15) is 45.1 Å². The number of rotatable bonds is 6. The predicted molar refractivity (Wildman–Crippen MR) is 97.7 cm³/mol. The van der Waals surface area contributed by atoms with E-state index in [1.807, 2.05) is 6.92 Å². The van der Waals surface area contributed by atoms with Gasteiger partial charge >= 0.3 is 6.18 Å². The van der Waals surface area contributed by atoms with Crippen LogP contribution in [0.3, 0.4) is 0 Å². The van der Waals surface area contributed by atoms with Gasteiger partial charge < -0.3 is 10.6 Å². The molecule has 1 amide bonds. The Morgan fingerprint density at radius 2 is 1.96 bits per heavy atom. The minimum atomic E-state index is -4.68. The number of nitro groups is 1. The van der Waals surface area contributed by atoms with E-state index in [1.165, 1.54) is 26.2 Å². The molecule has 0 heterocycles. The molecule has 2 aliphatic rings. The van der Waals surface area contributed by atoms with Gasteiger partial charge in [-0.15, -0.1) is 0 Å². The first-order valence-electron chi connectivity index (χ1n) is 9.48. The summed E-state index contributed by atoms with van der Waals surface area (Å²) in [6, 6.07) is 1.40. The highest BCUT2D eigenvalue weighted by Gasteiger charge is 2.42. The van der Waals surface area contributed by atoms with Crippen molar-refractivity contribution >= 4 is 17.3 Å². The van der Waals surface area contributed by atoms with Gasteiger partial charge in [-0.05, 0) is 63.0 Å². The quantitative estimate of drug-likeness (QED) is 0.550. The normalized spacial score (nSPS) is 26.0. The minimum absolute atomic E-state index is 0.00496. The number of hydrogen-bond acceptors (Lipinski definition) is 4. The van der Waals surface area contributed by atoms with E-state index >= 15 is 0 Å². The van der Waals surface area contributed by atoms with E-state index in [2.05, 4.69) is 10.6 Å². The zero-order chi connectivity index (χ0) is 20.6. The molecule has 1 aromatic rings. The third-order valence-corrected chi connectivity index (χ3v) is 6.09. The van der Waals surface area contributed by atoms with Gasteiger partial charge in [0.1, 0.15) is 11.7 Å². The van der Waals surface area contributed by atoms with Gasteiger partial charge in [-0.3, -0.25) is 14.9 Å². The highest BCUT2D eigenvalue weighted by Crippen LogP contribution is 2.49. The molecule has 2 fully saturated rings. The molecule has 9 heteroatoms. The van der Waals surface area contributed by atoms with Gasteiger partial charge in [-0.1, -0.05) is 6.42 Å². The Kier molecular flexibility index (Phi) is 5.54. The molecule has 2 aliphatic carbocycles. The fraction of sp³-hybridized carbons (Fsp3) is 0.632. The van der Waals surface area contributed by atoms with Crippen molar-refractivity contribution in [1.82, 2.24) is 5.32 Å². The number of carbonyl (C=O) groups excluding carboxylic acids is 1. The largest absolute Gasteiger partial charge is 0.416 e. The molecular weight excluding hydrogens is 375 g/mol. The highest BCUT2D eigenvalue weighted by molar-refractivity contribution is 5.85. The lowest BCUT2D eigenvalue weighted by Crippen LogP contribution is -2.46. The van der Waals surface area contributed by atoms with E-state index in [0.29, 0.717) is 17.9 Å². The highest BCUT2D eigenvalue weighted by atomic mass is 19.4. The van der Waals surface area contributed by atoms with E-state index in [1.54, 1.807) is 0 Å². The predicted octanol–water partition coefficient (Wildman–Crippen LogP) is 4.35. The number of anilines is 1. The maximum absolute atomic E-state index is 12.8. The molecule has 0 aliphatic heterocycles. The monoisotopic (exact) mass is 399 g/mol. The van der Waals surface area contributed by atoms with E-state index < -0.39 is 28.4 Å². The summed E-state index contributed by atoms with van der Waals surface area (Å²) in [5, 5.41) is 16.8. The van der Waals surface area contributed by atoms with Crippen LogP contribution in [0.5, 0.6) is 0 Å². The SMILES string of the molecule is C[C@H](Nc1ccc(C(F)(F)F)cc1[N+](=O)[O-])C(=O)N[C@H](C)[C@H]1C[C@H]2CC[C@H]1C2. The topological polar surface area (TPSA) is 84.3 Å². The van der Waals surface area contributed by atoms with Crippen LogP contribution < -0.4 is 10.6 Å². The number of nitrogens with one attached hydrogen (secondary N) is 2. The molecule has 0 saturated heterocycles. The van der Waals surface area contributed by atoms with Gasteiger partial charge in [-0.2, -0.15) is 13.2 Å². The lowest BCUT2D eigenvalue weighted by atomic mass is 9.84. The van der Waals surface area contributed by atoms with Gasteiger partial charge in [0.25, 0.3) is 5.69 Å². The summed E-state index contributed by atoms with van der Waals surface area (Å²) in [7, 11) is 0. The fourth-order valence-electron chi connectivity index (χ4n) is 4.64. The van der Waals surface area contributed by atoms with Crippen LogP contribution in [-0.4, -0.2) is 22.9 Å². The second-order valence-corrected chi connectivity index (χ2v) is 7.99. The van der Waals surface area contributed by atoms with Crippen LogP contribution in [0.15, 0.2) is 18.2 Å². The zero-order valence-corrected chi connectivity index (χ0v) is 15.8. The Balaban J connectivity index is 1.65. The molecule has 154 valence electrons. The Morgan fingerprint density at radius 1 is 1.25 bits per heavy atom. The molecule has 28 heavy (non-hydrogen) atoms. The molecule has 5 atom stereocenters. The maximum atomic E-state index is 12.8. The summed E-state index contributed by atoms with van der Waals surface area (Å²) >= 11 is 0. The van der Waals surface area contributed by atoms with Crippen molar-refractivity contribution in [3.8, 4) is 0 Å². The van der Waals surface area contributed by atoms with Crippen LogP contribution >= 0.6 is 0 Å². The number of alkyl halides is 3. The molecule has 3 rings (SSSR count). The van der Waals surface area contributed by atoms with Crippen molar-refractivity contribution in [2.45, 2.75) is 57.8 Å². The third-order valence-electron chi connectivity index (χ3n) is 6.09. The number of hydrogen-bond donors (Lipinski definition) is 2. The average molecular weight is 399 g/mol. The van der Waals surface area contributed by atoms with Crippen molar-refractivity contribution in [3.63, 3.8) is 0 Å². The first-order chi connectivity index (χ1) is 13.1. The molecule has 6 nitrogen and oxygen atoms in total. The van der Waals surface area contributed by atoms with E-state index in [4.69, 9.17) is 0 Å². The molecule has 1 aromatic carbocycles. The number of benzene rings is 1. The van der Waals surface area contributed by atoms with Gasteiger partial charge in [-0.25, -0.2) is 0 Å². The maximum Gasteiger partial charge on any atom is 0.416 e. The Hall–Kier alpha value is -2.32. The van der Waals surface area contributed by atoms with Gasteiger partial charge in [0.2, 0.25) is 5.91 Å². The summed E-state index contributed by atoms with van der Waals surface area (Å²) in [5.74, 6) is 1.50. The number of amides is 1. The van der Waals surface area contributed by atoms with Crippen molar-refractivity contribution in [2.24, 2.45) is 17.8 Å². The summed E-state index contributed by atoms with van der Waals surface area (Å²) in [6.07, 6.45) is 0.107. The molecule has 0 radical (unpaired) electrons. The van der Waals surface area contributed by atoms with E-state index in [9.17, 15) is 28.1 Å². The molecule has 0 aromatic heterocycles. The third kappa shape index (κ3) is 4.23. The van der Waals surface area contributed by atoms with Crippen LogP contribution in [0, 0.1) is 27.9 Å². The number of carbonyl (C=O) groups is 1. The number of fused-ring (bicyclic) bond motifs is 2. The van der Waals surface area contributed by atoms with Crippen molar-refractivity contribution in [1.29, 1.82) is 0 Å². The van der Waals surface area contributed by atoms with E-state index in [0.717, 1.165) is 24.5 Å². The van der Waals surface area contributed by atoms with Gasteiger partial charge in [0.15, 0.2) is 0 Å². The Morgan fingerprint density at radius 3 is 2.50 bits per heavy atom. The van der Waals surface area contributed by atoms with Crippen LogP contribution in [0.4, 0.5) is 24.5 Å². The second kappa shape index (κ2) is 7.60. The Labute approximate surface area is 161 Å². The lowest BCUT2D eigenvalue weighted by Gasteiger charge is -2.29. The number of halogens is 3. The fourth-order valence-corrected chi connectivity index (χ4v) is 4.64. The smallest absolute Gasteiger partial charge is 0.368 e. The van der Waals surface area contributed by atoms with Crippen molar-refractivity contribution in [3.05, 3.63) is 33.9 Å². The van der Waals surface area contributed by atoms with Crippen molar-refractivity contribution < 1.29 is 22.9 Å². The summed E-state index contributed by atoms with van der Waals surface area (Å²) in [4.78, 5) is 22.8. The average Bonchev–Trinajstić information content (AvgIpc) is 3.24. The molecule has 0 unspecified atom stereocenters. The summed E-state index contributed by atoms with van der Waals surface area (Å²) in [6.45, 7) is 3.50. The molecule has 2 saturated carbocycles. The first-order valence-corrected chi connectivity index (χ1v) is 9.48. The van der Waals surface area contributed by atoms with Crippen molar-refractivity contribution in [2.75, 3.05) is 5.32 Å². The summed E-state index contributed by atoms with van der Waals surface area (Å²) < 4.78 is 38.4. The zero-order valence-electron chi connectivity index (χ0n) is 15.8. The number of nitrogens with zero attached hydrogens (tertiary/aromatic N) is 1. The van der Waals surface area contributed by atoms with E-state index in [-0.39, 0.29) is 17.6 Å². The Bertz CT molecular complexity index is 769. The summed E-state index contributed by atoms with van der Waals surface area (Å²) in [5.41, 5.74) is -1.93. The van der Waals surface area contributed by atoms with Crippen LogP contribution in [0.25, 0.3) is 0 Å². The molecule has 2 bridgehead atoms. The lowest BCUT2D eigenvalue weighted by molar-refractivity contribution is -0.384. The first kappa shape index (κ1) is 20.4.